The fraction of sp³-hybridized carbons (Fsp3) is 0.895. The van der Waals surface area contributed by atoms with Gasteiger partial charge in [-0.3, -0.25) is 0 Å². The van der Waals surface area contributed by atoms with E-state index < -0.39 is 78.7 Å². The standard InChI is InChI=1S/C38H58O12/c1-17-8-11-38(46-15-17)18(2)28-26(50-38)14-24-22-7-6-20-12-21(39)13-27(37(20,5)23(22)9-10-36(24,28)4)48-35-33(30(42)25(40)16-45-35)49-34-32(44)31(43)29(41)19(3)47-34/h6,18-19,21-35,39-44H,1,7-16H2,2-5H3/t18-,19-,21+,22+,23-,24-,25-,26-,27+,28-,29-,30-,31+,32+,33+,34-,35-,36-,37-,38?/m0/s1. The molecular weight excluding hydrogens is 648 g/mol. The van der Waals surface area contributed by atoms with Gasteiger partial charge in [0.25, 0.3) is 0 Å². The van der Waals surface area contributed by atoms with Crippen LogP contribution in [-0.2, 0) is 28.4 Å². The zero-order valence-electron chi connectivity index (χ0n) is 29.8. The van der Waals surface area contributed by atoms with Gasteiger partial charge in [0.1, 0.15) is 36.6 Å². The van der Waals surface area contributed by atoms with Crippen molar-refractivity contribution in [2.75, 3.05) is 13.2 Å². The van der Waals surface area contributed by atoms with Crippen molar-refractivity contribution in [3.8, 4) is 0 Å². The third-order valence-corrected chi connectivity index (χ3v) is 15.0. The van der Waals surface area contributed by atoms with E-state index in [9.17, 15) is 30.6 Å². The summed E-state index contributed by atoms with van der Waals surface area (Å²) in [6.45, 7) is 13.1. The van der Waals surface area contributed by atoms with Crippen LogP contribution >= 0.6 is 0 Å². The van der Waals surface area contributed by atoms with Crippen LogP contribution in [-0.4, -0.2) is 123 Å². The Bertz CT molecular complexity index is 1330. The van der Waals surface area contributed by atoms with Gasteiger partial charge in [-0.1, -0.05) is 44.6 Å². The molecule has 0 bridgehead atoms. The predicted octanol–water partition coefficient (Wildman–Crippen LogP) is 1.92. The van der Waals surface area contributed by atoms with Gasteiger partial charge >= 0.3 is 0 Å². The summed E-state index contributed by atoms with van der Waals surface area (Å²) in [6, 6.07) is 0. The van der Waals surface area contributed by atoms with Crippen molar-refractivity contribution in [1.82, 2.24) is 0 Å². The van der Waals surface area contributed by atoms with Crippen LogP contribution in [0.3, 0.4) is 0 Å². The van der Waals surface area contributed by atoms with E-state index in [1.165, 1.54) is 5.57 Å². The van der Waals surface area contributed by atoms with Gasteiger partial charge in [0.2, 0.25) is 0 Å². The van der Waals surface area contributed by atoms with Crippen LogP contribution in [0.4, 0.5) is 0 Å². The number of rotatable bonds is 4. The molecule has 50 heavy (non-hydrogen) atoms. The van der Waals surface area contributed by atoms with E-state index >= 15 is 0 Å². The van der Waals surface area contributed by atoms with Gasteiger partial charge in [-0.2, -0.15) is 0 Å². The molecule has 0 amide bonds. The molecule has 282 valence electrons. The van der Waals surface area contributed by atoms with Crippen molar-refractivity contribution in [2.45, 2.75) is 158 Å². The topological polar surface area (TPSA) is 177 Å². The largest absolute Gasteiger partial charge is 0.393 e. The molecule has 12 nitrogen and oxygen atoms in total. The van der Waals surface area contributed by atoms with Crippen LogP contribution in [0.2, 0.25) is 0 Å². The van der Waals surface area contributed by atoms with E-state index in [0.29, 0.717) is 43.1 Å². The zero-order valence-corrected chi connectivity index (χ0v) is 29.8. The van der Waals surface area contributed by atoms with Crippen molar-refractivity contribution >= 4 is 0 Å². The first-order valence-corrected chi connectivity index (χ1v) is 19.0. The van der Waals surface area contributed by atoms with Crippen molar-refractivity contribution in [3.05, 3.63) is 23.8 Å². The van der Waals surface area contributed by atoms with Gasteiger partial charge in [-0.15, -0.1) is 0 Å². The van der Waals surface area contributed by atoms with Crippen molar-refractivity contribution in [3.63, 3.8) is 0 Å². The molecule has 4 aliphatic heterocycles. The molecule has 4 aliphatic carbocycles. The van der Waals surface area contributed by atoms with Crippen LogP contribution in [0, 0.1) is 40.4 Å². The summed E-state index contributed by atoms with van der Waals surface area (Å²) in [5.41, 5.74) is 2.01. The molecule has 1 unspecified atom stereocenters. The van der Waals surface area contributed by atoms with Crippen LogP contribution < -0.4 is 0 Å². The number of allylic oxidation sites excluding steroid dienone is 1. The summed E-state index contributed by atoms with van der Waals surface area (Å²) >= 11 is 0. The fourth-order valence-electron chi connectivity index (χ4n) is 12.2. The molecule has 0 aromatic rings. The van der Waals surface area contributed by atoms with E-state index in [1.807, 2.05) is 0 Å². The summed E-state index contributed by atoms with van der Waals surface area (Å²) in [7, 11) is 0. The van der Waals surface area contributed by atoms with E-state index in [4.69, 9.17) is 28.4 Å². The molecule has 20 atom stereocenters. The highest BCUT2D eigenvalue weighted by molar-refractivity contribution is 5.29. The monoisotopic (exact) mass is 706 g/mol. The number of hydrogen-bond acceptors (Lipinski definition) is 12. The molecule has 0 aromatic carbocycles. The number of aliphatic hydroxyl groups excluding tert-OH is 6. The molecular formula is C38H58O12. The Balaban J connectivity index is 1.04. The number of fused-ring (bicyclic) bond motifs is 7. The summed E-state index contributed by atoms with van der Waals surface area (Å²) in [6.07, 6.45) is -3.73. The van der Waals surface area contributed by atoms with Gasteiger partial charge in [0.15, 0.2) is 18.4 Å². The lowest BCUT2D eigenvalue weighted by Gasteiger charge is -2.60. The predicted molar refractivity (Wildman–Crippen MR) is 177 cm³/mol. The van der Waals surface area contributed by atoms with E-state index in [2.05, 4.69) is 33.4 Å². The molecule has 4 heterocycles. The normalized spacial score (nSPS) is 57.8. The SMILES string of the molecule is C=C1CCC2(OC1)O[C@H]1C[C@H]3[C@@H]4CC=C5C[C@@H](O)C[C@@H](O[C@@H]6OC[C@H](O)[C@H](O)[C@H]6O[C@@H]6O[C@@H](C)[C@H](O)[C@@H](O)[C@H]6O)[C@]5(C)[C@H]4CC[C@]3(C)[C@H]1[C@@H]2C. The summed E-state index contributed by atoms with van der Waals surface area (Å²) in [5.74, 6) is 1.34. The Morgan fingerprint density at radius 2 is 1.68 bits per heavy atom. The minimum Gasteiger partial charge on any atom is -0.393 e. The van der Waals surface area contributed by atoms with Crippen molar-refractivity contribution in [1.29, 1.82) is 0 Å². The Hall–Kier alpha value is -1.00. The molecule has 7 fully saturated rings. The molecule has 6 N–H and O–H groups in total. The maximum atomic E-state index is 11.1. The quantitative estimate of drug-likeness (QED) is 0.235. The molecule has 4 saturated heterocycles. The summed E-state index contributed by atoms with van der Waals surface area (Å²) in [5, 5.41) is 64.1. The maximum Gasteiger partial charge on any atom is 0.187 e. The second-order valence-electron chi connectivity index (χ2n) is 17.5. The molecule has 0 radical (unpaired) electrons. The molecule has 0 aromatic heterocycles. The van der Waals surface area contributed by atoms with Gasteiger partial charge < -0.3 is 59.1 Å². The number of aliphatic hydroxyl groups is 6. The second kappa shape index (κ2) is 12.8. The first kappa shape index (κ1) is 36.0. The Kier molecular flexibility index (Phi) is 9.22. The molecule has 8 rings (SSSR count). The van der Waals surface area contributed by atoms with Crippen molar-refractivity contribution in [2.24, 2.45) is 40.4 Å². The third-order valence-electron chi connectivity index (χ3n) is 15.0. The van der Waals surface area contributed by atoms with Gasteiger partial charge in [-0.05, 0) is 74.5 Å². The van der Waals surface area contributed by atoms with Crippen LogP contribution in [0.5, 0.6) is 0 Å². The smallest absolute Gasteiger partial charge is 0.187 e. The van der Waals surface area contributed by atoms with Crippen LogP contribution in [0.25, 0.3) is 0 Å². The fourth-order valence-corrected chi connectivity index (χ4v) is 12.2. The lowest BCUT2D eigenvalue weighted by molar-refractivity contribution is -0.362. The second-order valence-corrected chi connectivity index (χ2v) is 17.5. The molecule has 12 heteroatoms. The average Bonchev–Trinajstić information content (AvgIpc) is 3.53. The van der Waals surface area contributed by atoms with Crippen molar-refractivity contribution < 1.29 is 59.1 Å². The lowest BCUT2D eigenvalue weighted by Crippen LogP contribution is -2.63. The van der Waals surface area contributed by atoms with E-state index in [1.54, 1.807) is 6.92 Å². The maximum absolute atomic E-state index is 11.1. The molecule has 3 saturated carbocycles. The highest BCUT2D eigenvalue weighted by Crippen LogP contribution is 2.71. The van der Waals surface area contributed by atoms with E-state index in [0.717, 1.165) is 44.1 Å². The third kappa shape index (κ3) is 5.38. The molecule has 8 aliphatic rings. The van der Waals surface area contributed by atoms with E-state index in [-0.39, 0.29) is 24.0 Å². The Morgan fingerprint density at radius 1 is 0.900 bits per heavy atom. The van der Waals surface area contributed by atoms with Gasteiger partial charge in [0, 0.05) is 24.2 Å². The van der Waals surface area contributed by atoms with Crippen LogP contribution in [0.1, 0.15) is 79.1 Å². The highest BCUT2D eigenvalue weighted by atomic mass is 16.8. The van der Waals surface area contributed by atoms with Gasteiger partial charge in [-0.25, -0.2) is 0 Å². The first-order chi connectivity index (χ1) is 23.7. The minimum atomic E-state index is -1.61. The highest BCUT2D eigenvalue weighted by Gasteiger charge is 2.69. The average molecular weight is 707 g/mol. The van der Waals surface area contributed by atoms with Crippen LogP contribution in [0.15, 0.2) is 23.8 Å². The summed E-state index contributed by atoms with van der Waals surface area (Å²) < 4.78 is 37.9. The number of hydrogen-bond donors (Lipinski definition) is 6. The number of ether oxygens (including phenoxy) is 6. The lowest BCUT2D eigenvalue weighted by atomic mass is 9.46. The minimum absolute atomic E-state index is 0.112. The Morgan fingerprint density at radius 3 is 2.42 bits per heavy atom. The Labute approximate surface area is 294 Å². The molecule has 1 spiro atoms. The van der Waals surface area contributed by atoms with Gasteiger partial charge in [0.05, 0.1) is 37.6 Å². The summed E-state index contributed by atoms with van der Waals surface area (Å²) in [4.78, 5) is 0. The first-order valence-electron chi connectivity index (χ1n) is 19.0. The zero-order chi connectivity index (χ0) is 35.5.